The van der Waals surface area contributed by atoms with Crippen LogP contribution in [0, 0.1) is 0 Å². The molecule has 0 saturated carbocycles. The van der Waals surface area contributed by atoms with Crippen molar-refractivity contribution in [2.45, 2.75) is 52.4 Å². The number of anilines is 3. The van der Waals surface area contributed by atoms with E-state index in [1.54, 1.807) is 0 Å². The molecule has 7 aromatic carbocycles. The molecule has 0 spiro atoms. The van der Waals surface area contributed by atoms with Crippen molar-refractivity contribution in [3.63, 3.8) is 0 Å². The maximum Gasteiger partial charge on any atom is 0.333 e. The van der Waals surface area contributed by atoms with Crippen molar-refractivity contribution >= 4 is 99.3 Å². The molecule has 12 rings (SSSR count). The van der Waals surface area contributed by atoms with Crippen LogP contribution in [0.3, 0.4) is 0 Å². The van der Waals surface area contributed by atoms with Crippen molar-refractivity contribution in [2.75, 3.05) is 4.90 Å². The maximum atomic E-state index is 6.74. The molecular weight excluding hydrogens is 711 g/mol. The van der Waals surface area contributed by atoms with Crippen molar-refractivity contribution in [3.05, 3.63) is 151 Å². The predicted octanol–water partition coefficient (Wildman–Crippen LogP) is 13.6. The molecule has 0 N–H and O–H groups in total. The van der Waals surface area contributed by atoms with Gasteiger partial charge in [-0.2, -0.15) is 0 Å². The van der Waals surface area contributed by atoms with Crippen LogP contribution in [-0.4, -0.2) is 11.3 Å². The fourth-order valence-electron chi connectivity index (χ4n) is 9.91. The largest absolute Gasteiger partial charge is 0.456 e. The molecule has 0 aliphatic carbocycles. The Morgan fingerprint density at radius 1 is 0.544 bits per heavy atom. The quantitative estimate of drug-likeness (QED) is 0.164. The lowest BCUT2D eigenvalue weighted by Crippen LogP contribution is -2.57. The average Bonchev–Trinajstić information content (AvgIpc) is 3.88. The van der Waals surface area contributed by atoms with E-state index in [1.165, 1.54) is 92.6 Å². The molecule has 0 saturated heterocycles. The van der Waals surface area contributed by atoms with Crippen LogP contribution < -0.4 is 15.8 Å². The van der Waals surface area contributed by atoms with Crippen molar-refractivity contribution in [3.8, 4) is 22.3 Å². The van der Waals surface area contributed by atoms with Gasteiger partial charge in [-0.15, -0.1) is 11.3 Å². The summed E-state index contributed by atoms with van der Waals surface area (Å²) < 4.78 is 12.1. The van der Waals surface area contributed by atoms with Gasteiger partial charge in [0.05, 0.1) is 27.0 Å². The highest BCUT2D eigenvalue weighted by atomic mass is 32.1. The van der Waals surface area contributed by atoms with Crippen LogP contribution in [0.4, 0.5) is 17.1 Å². The highest BCUT2D eigenvalue weighted by Crippen LogP contribution is 2.52. The van der Waals surface area contributed by atoms with Gasteiger partial charge in [-0.3, -0.25) is 0 Å². The van der Waals surface area contributed by atoms with Gasteiger partial charge in [0.25, 0.3) is 0 Å². The summed E-state index contributed by atoms with van der Waals surface area (Å²) in [6.07, 6.45) is 0. The molecule has 0 bridgehead atoms. The highest BCUT2D eigenvalue weighted by molar-refractivity contribution is 7.27. The molecule has 5 heterocycles. The Kier molecular flexibility index (Phi) is 6.57. The number of hydrogen-bond acceptors (Lipinski definition) is 3. The summed E-state index contributed by atoms with van der Waals surface area (Å²) in [6.45, 7) is 13.9. The van der Waals surface area contributed by atoms with E-state index >= 15 is 0 Å². The first-order chi connectivity index (χ1) is 27.6. The van der Waals surface area contributed by atoms with Crippen LogP contribution >= 0.6 is 11.3 Å². The first-order valence-corrected chi connectivity index (χ1v) is 20.9. The van der Waals surface area contributed by atoms with Gasteiger partial charge in [0.15, 0.2) is 0 Å². The predicted molar refractivity (Wildman–Crippen MR) is 245 cm³/mol. The molecule has 3 nitrogen and oxygen atoms in total. The Morgan fingerprint density at radius 2 is 1.26 bits per heavy atom. The summed E-state index contributed by atoms with van der Waals surface area (Å²) in [5.74, 6) is 0. The lowest BCUT2D eigenvalue weighted by Gasteiger charge is -2.42. The second-order valence-electron chi connectivity index (χ2n) is 18.1. The Hall–Kier alpha value is -6.04. The SMILES string of the molecule is CC(C)(C)c1ccc(N2c3cc(C(C)(C)C)cc4c3B(c3ccc5oc6ccccc6c5c32)n2c3c-4cccc3c3sc4ccccc4c32)c(-c2ccccc2)c1. The molecule has 0 unspecified atom stereocenters. The van der Waals surface area contributed by atoms with Crippen molar-refractivity contribution in [1.82, 2.24) is 4.48 Å². The van der Waals surface area contributed by atoms with E-state index in [0.717, 1.165) is 21.9 Å². The topological polar surface area (TPSA) is 21.3 Å². The third-order valence-electron chi connectivity index (χ3n) is 12.7. The van der Waals surface area contributed by atoms with Crippen molar-refractivity contribution in [1.29, 1.82) is 0 Å². The molecule has 2 aliphatic rings. The molecule has 0 atom stereocenters. The average molecular weight is 753 g/mol. The van der Waals surface area contributed by atoms with Gasteiger partial charge in [-0.1, -0.05) is 145 Å². The van der Waals surface area contributed by atoms with Crippen LogP contribution in [0.5, 0.6) is 0 Å². The number of furan rings is 1. The highest BCUT2D eigenvalue weighted by Gasteiger charge is 2.45. The fourth-order valence-corrected chi connectivity index (χ4v) is 11.1. The second kappa shape index (κ2) is 11.3. The molecule has 0 amide bonds. The van der Waals surface area contributed by atoms with E-state index in [2.05, 4.69) is 190 Å². The second-order valence-corrected chi connectivity index (χ2v) is 19.2. The number of aromatic nitrogens is 1. The third kappa shape index (κ3) is 4.49. The summed E-state index contributed by atoms with van der Waals surface area (Å²) in [6, 6.07) is 52.3. The van der Waals surface area contributed by atoms with Gasteiger partial charge in [0, 0.05) is 43.2 Å². The van der Waals surface area contributed by atoms with Crippen molar-refractivity contribution < 1.29 is 4.42 Å². The van der Waals surface area contributed by atoms with E-state index < -0.39 is 0 Å². The van der Waals surface area contributed by atoms with Gasteiger partial charge < -0.3 is 13.8 Å². The molecule has 57 heavy (non-hydrogen) atoms. The maximum absolute atomic E-state index is 6.74. The minimum atomic E-state index is -0.0937. The minimum absolute atomic E-state index is 0.0233. The number of rotatable bonds is 2. The lowest BCUT2D eigenvalue weighted by atomic mass is 9.44. The summed E-state index contributed by atoms with van der Waals surface area (Å²) in [5.41, 5.74) is 18.3. The Labute approximate surface area is 336 Å². The third-order valence-corrected chi connectivity index (χ3v) is 13.9. The number of nitrogens with zero attached hydrogens (tertiary/aromatic N) is 2. The normalized spacial score (nSPS) is 13.7. The van der Waals surface area contributed by atoms with E-state index in [0.29, 0.717) is 0 Å². The monoisotopic (exact) mass is 752 g/mol. The summed E-state index contributed by atoms with van der Waals surface area (Å²) in [4.78, 5) is 2.62. The van der Waals surface area contributed by atoms with Crippen molar-refractivity contribution in [2.24, 2.45) is 0 Å². The number of hydrogen-bond donors (Lipinski definition) is 0. The standard InChI is InChI=1S/C52H41BN2OS/c1-51(2,3)31-23-25-40(37(27-31)30-15-8-7-9-16-30)54-41-29-32(52(4,5)6)28-38-33-19-14-20-36-47(33)55(48-35-18-11-13-22-44(35)57-50(36)48)53(46(38)41)39-24-26-43-45(49(39)54)34-17-10-12-21-42(34)56-43/h7-29H,1-6H3. The molecule has 10 aromatic rings. The number of benzene rings is 7. The fraction of sp³-hybridized carbons (Fsp3) is 0.154. The molecule has 0 radical (unpaired) electrons. The Balaban J connectivity index is 1.31. The lowest BCUT2D eigenvalue weighted by molar-refractivity contribution is 0.590. The molecule has 0 fully saturated rings. The van der Waals surface area contributed by atoms with Gasteiger partial charge in [-0.05, 0) is 80.4 Å². The van der Waals surface area contributed by atoms with E-state index in [-0.39, 0.29) is 17.7 Å². The summed E-state index contributed by atoms with van der Waals surface area (Å²) >= 11 is 1.93. The zero-order chi connectivity index (χ0) is 38.5. The van der Waals surface area contributed by atoms with Gasteiger partial charge in [0.1, 0.15) is 11.2 Å². The van der Waals surface area contributed by atoms with Gasteiger partial charge in [0.2, 0.25) is 0 Å². The molecule has 3 aromatic heterocycles. The zero-order valence-electron chi connectivity index (χ0n) is 33.1. The Morgan fingerprint density at radius 3 is 2.07 bits per heavy atom. The van der Waals surface area contributed by atoms with Crippen LogP contribution in [0.2, 0.25) is 0 Å². The van der Waals surface area contributed by atoms with Gasteiger partial charge >= 0.3 is 6.85 Å². The zero-order valence-corrected chi connectivity index (χ0v) is 33.9. The number of thiophene rings is 1. The smallest absolute Gasteiger partial charge is 0.333 e. The number of para-hydroxylation sites is 2. The van der Waals surface area contributed by atoms with Gasteiger partial charge in [-0.25, -0.2) is 0 Å². The molecular formula is C52H41BN2OS. The molecule has 2 aliphatic heterocycles. The van der Waals surface area contributed by atoms with Crippen LogP contribution in [0.1, 0.15) is 52.7 Å². The van der Waals surface area contributed by atoms with E-state index in [9.17, 15) is 0 Å². The summed E-state index contributed by atoms with van der Waals surface area (Å²) in [7, 11) is 0. The molecule has 5 heteroatoms. The van der Waals surface area contributed by atoms with Crippen LogP contribution in [0.25, 0.3) is 75.4 Å². The van der Waals surface area contributed by atoms with E-state index in [4.69, 9.17) is 4.42 Å². The Bertz CT molecular complexity index is 3330. The molecule has 274 valence electrons. The number of fused-ring (bicyclic) bond motifs is 13. The summed E-state index contributed by atoms with van der Waals surface area (Å²) in [5, 5.41) is 4.94. The van der Waals surface area contributed by atoms with E-state index in [1.807, 2.05) is 11.3 Å². The minimum Gasteiger partial charge on any atom is -0.456 e. The van der Waals surface area contributed by atoms with Crippen LogP contribution in [-0.2, 0) is 10.8 Å². The van der Waals surface area contributed by atoms with Crippen LogP contribution in [0.15, 0.2) is 144 Å². The first-order valence-electron chi connectivity index (χ1n) is 20.1. The first kappa shape index (κ1) is 33.1.